The first kappa shape index (κ1) is 10.9. The summed E-state index contributed by atoms with van der Waals surface area (Å²) >= 11 is 1.64. The zero-order valence-corrected chi connectivity index (χ0v) is 10.1. The lowest BCUT2D eigenvalue weighted by molar-refractivity contribution is 0.573. The lowest BCUT2D eigenvalue weighted by Gasteiger charge is -2.15. The van der Waals surface area contributed by atoms with Crippen molar-refractivity contribution < 1.29 is 4.39 Å². The van der Waals surface area contributed by atoms with E-state index in [1.807, 2.05) is 0 Å². The monoisotopic (exact) mass is 248 g/mol. The van der Waals surface area contributed by atoms with E-state index in [0.29, 0.717) is 0 Å². The van der Waals surface area contributed by atoms with Crippen molar-refractivity contribution in [2.24, 2.45) is 5.73 Å². The third-order valence-electron chi connectivity index (χ3n) is 3.08. The molecule has 2 nitrogen and oxygen atoms in total. The molecule has 0 bridgehead atoms. The molecule has 0 aliphatic heterocycles. The minimum atomic E-state index is -0.216. The third kappa shape index (κ3) is 1.98. The van der Waals surface area contributed by atoms with Crippen LogP contribution < -0.4 is 5.73 Å². The highest BCUT2D eigenvalue weighted by molar-refractivity contribution is 7.15. The van der Waals surface area contributed by atoms with Crippen LogP contribution in [0.2, 0.25) is 0 Å². The topological polar surface area (TPSA) is 38.9 Å². The van der Waals surface area contributed by atoms with Gasteiger partial charge >= 0.3 is 0 Å². The maximum absolute atomic E-state index is 12.9. The van der Waals surface area contributed by atoms with Gasteiger partial charge < -0.3 is 5.73 Å². The van der Waals surface area contributed by atoms with Crippen LogP contribution in [0, 0.1) is 5.82 Å². The summed E-state index contributed by atoms with van der Waals surface area (Å²) in [4.78, 5) is 5.82. The second-order valence-electron chi connectivity index (χ2n) is 4.34. The Morgan fingerprint density at radius 2 is 2.06 bits per heavy atom. The predicted octanol–water partition coefficient (Wildman–Crippen LogP) is 3.29. The van der Waals surface area contributed by atoms with Crippen molar-refractivity contribution in [3.8, 4) is 10.6 Å². The van der Waals surface area contributed by atoms with Crippen LogP contribution in [-0.2, 0) is 6.42 Å². The Balaban J connectivity index is 2.02. The standard InChI is InChI=1S/C13H13FN2S/c14-9-6-4-8(5-7-9)13-16-11-3-1-2-10(15)12(11)17-13/h4-7,10H,1-3,15H2/t10-/m0/s1. The molecule has 0 saturated heterocycles. The summed E-state index contributed by atoms with van der Waals surface area (Å²) in [6, 6.07) is 6.60. The summed E-state index contributed by atoms with van der Waals surface area (Å²) in [6.07, 6.45) is 3.17. The van der Waals surface area contributed by atoms with E-state index in [4.69, 9.17) is 5.73 Å². The molecule has 4 heteroatoms. The highest BCUT2D eigenvalue weighted by Gasteiger charge is 2.21. The number of aryl methyl sites for hydroxylation is 1. The Labute approximate surface area is 103 Å². The largest absolute Gasteiger partial charge is 0.323 e. The second kappa shape index (κ2) is 4.20. The quantitative estimate of drug-likeness (QED) is 0.841. The lowest BCUT2D eigenvalue weighted by Crippen LogP contribution is -2.15. The van der Waals surface area contributed by atoms with Crippen molar-refractivity contribution in [3.05, 3.63) is 40.7 Å². The molecular formula is C13H13FN2S. The number of hydrogen-bond donors (Lipinski definition) is 1. The van der Waals surface area contributed by atoms with Crippen LogP contribution in [0.4, 0.5) is 4.39 Å². The van der Waals surface area contributed by atoms with Crippen molar-refractivity contribution in [3.63, 3.8) is 0 Å². The van der Waals surface area contributed by atoms with E-state index in [9.17, 15) is 4.39 Å². The molecule has 1 atom stereocenters. The minimum Gasteiger partial charge on any atom is -0.323 e. The van der Waals surface area contributed by atoms with E-state index in [-0.39, 0.29) is 11.9 Å². The maximum Gasteiger partial charge on any atom is 0.123 e. The number of nitrogens with zero attached hydrogens (tertiary/aromatic N) is 1. The van der Waals surface area contributed by atoms with Gasteiger partial charge in [0.25, 0.3) is 0 Å². The minimum absolute atomic E-state index is 0.130. The normalized spacial score (nSPS) is 19.1. The first-order chi connectivity index (χ1) is 8.24. The SMILES string of the molecule is N[C@H]1CCCc2nc(-c3ccc(F)cc3)sc21. The molecule has 0 spiro atoms. The Kier molecular flexibility index (Phi) is 2.68. The lowest BCUT2D eigenvalue weighted by atomic mass is 9.99. The van der Waals surface area contributed by atoms with Gasteiger partial charge in [-0.15, -0.1) is 11.3 Å². The van der Waals surface area contributed by atoms with Gasteiger partial charge in [0.15, 0.2) is 0 Å². The van der Waals surface area contributed by atoms with Gasteiger partial charge in [-0.2, -0.15) is 0 Å². The van der Waals surface area contributed by atoms with Gasteiger partial charge in [-0.3, -0.25) is 0 Å². The fraction of sp³-hybridized carbons (Fsp3) is 0.308. The van der Waals surface area contributed by atoms with Crippen LogP contribution in [-0.4, -0.2) is 4.98 Å². The van der Waals surface area contributed by atoms with Crippen LogP contribution in [0.5, 0.6) is 0 Å². The Hall–Kier alpha value is -1.26. The van der Waals surface area contributed by atoms with Gasteiger partial charge in [-0.1, -0.05) is 0 Å². The van der Waals surface area contributed by atoms with Crippen LogP contribution in [0.1, 0.15) is 29.5 Å². The average Bonchev–Trinajstić information content (AvgIpc) is 2.75. The summed E-state index contributed by atoms with van der Waals surface area (Å²) in [5, 5.41) is 0.951. The van der Waals surface area contributed by atoms with Gasteiger partial charge in [-0.05, 0) is 43.5 Å². The molecule has 0 fully saturated rings. The van der Waals surface area contributed by atoms with Gasteiger partial charge in [-0.25, -0.2) is 9.37 Å². The summed E-state index contributed by atoms with van der Waals surface area (Å²) in [5.41, 5.74) is 8.18. The number of benzene rings is 1. The molecule has 0 saturated carbocycles. The number of rotatable bonds is 1. The predicted molar refractivity (Wildman–Crippen MR) is 67.4 cm³/mol. The smallest absolute Gasteiger partial charge is 0.123 e. The molecule has 3 rings (SSSR count). The van der Waals surface area contributed by atoms with Gasteiger partial charge in [0.1, 0.15) is 10.8 Å². The fourth-order valence-corrected chi connectivity index (χ4v) is 3.32. The van der Waals surface area contributed by atoms with Gasteiger partial charge in [0, 0.05) is 16.5 Å². The van der Waals surface area contributed by atoms with Crippen LogP contribution in [0.25, 0.3) is 10.6 Å². The Morgan fingerprint density at radius 1 is 1.29 bits per heavy atom. The van der Waals surface area contributed by atoms with E-state index in [1.54, 1.807) is 23.5 Å². The zero-order chi connectivity index (χ0) is 11.8. The van der Waals surface area contributed by atoms with E-state index in [0.717, 1.165) is 35.5 Å². The number of nitrogens with two attached hydrogens (primary N) is 1. The first-order valence-electron chi connectivity index (χ1n) is 5.75. The number of aromatic nitrogens is 1. The third-order valence-corrected chi connectivity index (χ3v) is 4.36. The van der Waals surface area contributed by atoms with E-state index >= 15 is 0 Å². The van der Waals surface area contributed by atoms with E-state index in [1.165, 1.54) is 17.0 Å². The molecule has 2 aromatic rings. The van der Waals surface area contributed by atoms with Crippen LogP contribution in [0.3, 0.4) is 0 Å². The number of fused-ring (bicyclic) bond motifs is 1. The summed E-state index contributed by atoms with van der Waals surface area (Å²) in [6.45, 7) is 0. The highest BCUT2D eigenvalue weighted by Crippen LogP contribution is 2.36. The van der Waals surface area contributed by atoms with Crippen LogP contribution >= 0.6 is 11.3 Å². The zero-order valence-electron chi connectivity index (χ0n) is 9.32. The van der Waals surface area contributed by atoms with E-state index in [2.05, 4.69) is 4.98 Å². The fourth-order valence-electron chi connectivity index (χ4n) is 2.17. The van der Waals surface area contributed by atoms with Gasteiger partial charge in [0.05, 0.1) is 5.69 Å². The average molecular weight is 248 g/mol. The first-order valence-corrected chi connectivity index (χ1v) is 6.57. The van der Waals surface area contributed by atoms with Crippen molar-refractivity contribution >= 4 is 11.3 Å². The summed E-state index contributed by atoms with van der Waals surface area (Å²) < 4.78 is 12.9. The Bertz CT molecular complexity index is 533. The molecule has 1 heterocycles. The molecule has 88 valence electrons. The molecule has 1 aliphatic rings. The molecule has 0 radical (unpaired) electrons. The Morgan fingerprint density at radius 3 is 2.76 bits per heavy atom. The number of halogens is 1. The summed E-state index contributed by atoms with van der Waals surface area (Å²) in [5.74, 6) is -0.216. The molecule has 1 aromatic heterocycles. The van der Waals surface area contributed by atoms with Crippen molar-refractivity contribution in [1.82, 2.24) is 4.98 Å². The van der Waals surface area contributed by atoms with Crippen molar-refractivity contribution in [1.29, 1.82) is 0 Å². The summed E-state index contributed by atoms with van der Waals surface area (Å²) in [7, 11) is 0. The highest BCUT2D eigenvalue weighted by atomic mass is 32.1. The number of thiazole rings is 1. The maximum atomic E-state index is 12.9. The van der Waals surface area contributed by atoms with Crippen molar-refractivity contribution in [2.75, 3.05) is 0 Å². The molecule has 1 aromatic carbocycles. The second-order valence-corrected chi connectivity index (χ2v) is 5.37. The van der Waals surface area contributed by atoms with Gasteiger partial charge in [0.2, 0.25) is 0 Å². The molecule has 17 heavy (non-hydrogen) atoms. The van der Waals surface area contributed by atoms with Crippen LogP contribution in [0.15, 0.2) is 24.3 Å². The number of hydrogen-bond acceptors (Lipinski definition) is 3. The van der Waals surface area contributed by atoms with E-state index < -0.39 is 0 Å². The molecule has 1 aliphatic carbocycles. The molecule has 2 N–H and O–H groups in total. The molecular weight excluding hydrogens is 235 g/mol. The molecule has 0 amide bonds. The molecule has 0 unspecified atom stereocenters. The van der Waals surface area contributed by atoms with Crippen molar-refractivity contribution in [2.45, 2.75) is 25.3 Å².